The minimum Gasteiger partial charge on any atom is -0.465 e. The van der Waals surface area contributed by atoms with Crippen molar-refractivity contribution in [2.24, 2.45) is 11.1 Å². The molecule has 0 spiro atoms. The van der Waals surface area contributed by atoms with Crippen LogP contribution in [0.5, 0.6) is 0 Å². The van der Waals surface area contributed by atoms with Crippen LogP contribution in [0.2, 0.25) is 0 Å². The molecule has 0 heterocycles. The lowest BCUT2D eigenvalue weighted by atomic mass is 9.71. The predicted octanol–water partition coefficient (Wildman–Crippen LogP) is 3.02. The summed E-state index contributed by atoms with van der Waals surface area (Å²) in [6.07, 6.45) is 5.97. The fourth-order valence-corrected chi connectivity index (χ4v) is 3.29. The lowest BCUT2D eigenvalue weighted by molar-refractivity contribution is -0.118. The first-order valence-corrected chi connectivity index (χ1v) is 8.18. The van der Waals surface area contributed by atoms with Gasteiger partial charge in [0.2, 0.25) is 5.91 Å². The van der Waals surface area contributed by atoms with Crippen molar-refractivity contribution in [1.82, 2.24) is 0 Å². The molecule has 0 saturated heterocycles. The average molecular weight is 318 g/mol. The fraction of sp³-hybridized carbons (Fsp3) is 0.556. The first-order valence-electron chi connectivity index (χ1n) is 8.18. The Morgan fingerprint density at radius 3 is 2.57 bits per heavy atom. The normalized spacial score (nSPS) is 16.7. The molecule has 1 aliphatic rings. The fourth-order valence-electron chi connectivity index (χ4n) is 3.29. The number of hydrogen-bond acceptors (Lipinski definition) is 4. The topological polar surface area (TPSA) is 81.4 Å². The van der Waals surface area contributed by atoms with Crippen LogP contribution in [0.25, 0.3) is 0 Å². The molecule has 3 N–H and O–H groups in total. The van der Waals surface area contributed by atoms with Crippen LogP contribution in [-0.2, 0) is 9.53 Å². The van der Waals surface area contributed by atoms with Gasteiger partial charge in [0, 0.05) is 12.1 Å². The third-order valence-electron chi connectivity index (χ3n) is 4.82. The monoisotopic (exact) mass is 318 g/mol. The van der Waals surface area contributed by atoms with Crippen molar-refractivity contribution in [3.05, 3.63) is 29.3 Å². The zero-order valence-corrected chi connectivity index (χ0v) is 14.0. The van der Waals surface area contributed by atoms with Gasteiger partial charge in [0.25, 0.3) is 0 Å². The number of nitrogens with one attached hydrogen (secondary N) is 1. The number of carbonyl (C=O) groups excluding carboxylic acids is 2. The first-order chi connectivity index (χ1) is 11.0. The van der Waals surface area contributed by atoms with Crippen molar-refractivity contribution in [3.8, 4) is 0 Å². The molecule has 1 amide bonds. The van der Waals surface area contributed by atoms with Gasteiger partial charge in [-0.15, -0.1) is 0 Å². The highest BCUT2D eigenvalue weighted by Gasteiger charge is 2.33. The van der Waals surface area contributed by atoms with E-state index in [1.165, 1.54) is 13.5 Å². The summed E-state index contributed by atoms with van der Waals surface area (Å²) in [6, 6.07) is 5.16. The second-order valence-electron chi connectivity index (χ2n) is 6.51. The summed E-state index contributed by atoms with van der Waals surface area (Å²) < 4.78 is 4.72. The van der Waals surface area contributed by atoms with E-state index < -0.39 is 5.97 Å². The van der Waals surface area contributed by atoms with E-state index in [4.69, 9.17) is 10.5 Å². The maximum absolute atomic E-state index is 12.5. The number of rotatable bonds is 5. The Morgan fingerprint density at radius 2 is 1.96 bits per heavy atom. The predicted molar refractivity (Wildman–Crippen MR) is 90.3 cm³/mol. The number of esters is 1. The number of ether oxygens (including phenoxy) is 1. The molecule has 0 aromatic heterocycles. The zero-order valence-electron chi connectivity index (χ0n) is 14.0. The summed E-state index contributed by atoms with van der Waals surface area (Å²) in [4.78, 5) is 24.1. The molecule has 1 aromatic carbocycles. The lowest BCUT2D eigenvalue weighted by Crippen LogP contribution is -2.36. The number of methoxy groups -OCH3 is 1. The molecular formula is C18H26N2O3. The van der Waals surface area contributed by atoms with E-state index in [1.54, 1.807) is 18.2 Å². The summed E-state index contributed by atoms with van der Waals surface area (Å²) in [5.41, 5.74) is 7.87. The second-order valence-corrected chi connectivity index (χ2v) is 6.51. The highest BCUT2D eigenvalue weighted by atomic mass is 16.5. The van der Waals surface area contributed by atoms with E-state index in [0.717, 1.165) is 31.2 Å². The number of nitrogens with two attached hydrogens (primary N) is 1. The van der Waals surface area contributed by atoms with Gasteiger partial charge >= 0.3 is 5.97 Å². The molecular weight excluding hydrogens is 292 g/mol. The Morgan fingerprint density at radius 1 is 1.26 bits per heavy atom. The minimum absolute atomic E-state index is 0.0394. The molecule has 1 aromatic rings. The Hall–Kier alpha value is -1.88. The van der Waals surface area contributed by atoms with Gasteiger partial charge < -0.3 is 15.8 Å². The third kappa shape index (κ3) is 4.32. The molecule has 126 valence electrons. The number of amides is 1. The molecule has 5 nitrogen and oxygen atoms in total. The van der Waals surface area contributed by atoms with Gasteiger partial charge in [-0.1, -0.05) is 25.3 Å². The van der Waals surface area contributed by atoms with Crippen LogP contribution in [0.3, 0.4) is 0 Å². The molecule has 0 unspecified atom stereocenters. The average Bonchev–Trinajstić information content (AvgIpc) is 2.57. The van der Waals surface area contributed by atoms with E-state index in [1.807, 2.05) is 6.92 Å². The van der Waals surface area contributed by atoms with Gasteiger partial charge in [-0.05, 0) is 49.4 Å². The van der Waals surface area contributed by atoms with Crippen molar-refractivity contribution in [3.63, 3.8) is 0 Å². The van der Waals surface area contributed by atoms with Crippen molar-refractivity contribution in [2.75, 3.05) is 19.0 Å². The maximum Gasteiger partial charge on any atom is 0.337 e. The van der Waals surface area contributed by atoms with Crippen LogP contribution in [0.1, 0.15) is 54.4 Å². The zero-order chi connectivity index (χ0) is 16.9. The second kappa shape index (κ2) is 7.59. The van der Waals surface area contributed by atoms with Crippen LogP contribution in [0.15, 0.2) is 18.2 Å². The van der Waals surface area contributed by atoms with Gasteiger partial charge in [-0.2, -0.15) is 0 Å². The van der Waals surface area contributed by atoms with Gasteiger partial charge in [-0.3, -0.25) is 4.79 Å². The van der Waals surface area contributed by atoms with Crippen molar-refractivity contribution in [2.45, 2.75) is 45.4 Å². The number of anilines is 1. The lowest BCUT2D eigenvalue weighted by Gasteiger charge is -2.35. The van der Waals surface area contributed by atoms with Crippen molar-refractivity contribution >= 4 is 17.6 Å². The van der Waals surface area contributed by atoms with E-state index in [9.17, 15) is 9.59 Å². The SMILES string of the molecule is COC(=O)c1ccc(C)c(NC(=O)CC2(CN)CCCCC2)c1. The highest BCUT2D eigenvalue weighted by molar-refractivity contribution is 5.95. The van der Waals surface area contributed by atoms with E-state index >= 15 is 0 Å². The van der Waals surface area contributed by atoms with Crippen LogP contribution in [0.4, 0.5) is 5.69 Å². The van der Waals surface area contributed by atoms with E-state index in [0.29, 0.717) is 24.2 Å². The molecule has 2 rings (SSSR count). The van der Waals surface area contributed by atoms with Crippen LogP contribution >= 0.6 is 0 Å². The quantitative estimate of drug-likeness (QED) is 0.818. The van der Waals surface area contributed by atoms with Gasteiger partial charge in [0.15, 0.2) is 0 Å². The minimum atomic E-state index is -0.411. The van der Waals surface area contributed by atoms with Crippen LogP contribution in [0, 0.1) is 12.3 Å². The number of benzene rings is 1. The van der Waals surface area contributed by atoms with Gasteiger partial charge in [0.1, 0.15) is 0 Å². The largest absolute Gasteiger partial charge is 0.465 e. The molecule has 0 radical (unpaired) electrons. The summed E-state index contributed by atoms with van der Waals surface area (Å²) in [7, 11) is 1.34. The molecule has 0 aliphatic heterocycles. The van der Waals surface area contributed by atoms with Crippen LogP contribution in [-0.4, -0.2) is 25.5 Å². The van der Waals surface area contributed by atoms with Crippen molar-refractivity contribution < 1.29 is 14.3 Å². The number of carbonyl (C=O) groups is 2. The molecule has 0 bridgehead atoms. The van der Waals surface area contributed by atoms with Gasteiger partial charge in [-0.25, -0.2) is 4.79 Å². The van der Waals surface area contributed by atoms with E-state index in [2.05, 4.69) is 5.32 Å². The molecule has 1 saturated carbocycles. The molecule has 1 aliphatic carbocycles. The van der Waals surface area contributed by atoms with Crippen LogP contribution < -0.4 is 11.1 Å². The highest BCUT2D eigenvalue weighted by Crippen LogP contribution is 2.38. The number of aryl methyl sites for hydroxylation is 1. The molecule has 1 fully saturated rings. The Kier molecular flexibility index (Phi) is 5.77. The Labute approximate surface area is 137 Å². The molecule has 0 atom stereocenters. The molecule has 23 heavy (non-hydrogen) atoms. The smallest absolute Gasteiger partial charge is 0.337 e. The Balaban J connectivity index is 2.08. The maximum atomic E-state index is 12.5. The standard InChI is InChI=1S/C18H26N2O3/c1-13-6-7-14(17(22)23-2)10-15(13)20-16(21)11-18(12-19)8-4-3-5-9-18/h6-7,10H,3-5,8-9,11-12,19H2,1-2H3,(H,20,21). The van der Waals surface area contributed by atoms with Gasteiger partial charge in [0.05, 0.1) is 12.7 Å². The summed E-state index contributed by atoms with van der Waals surface area (Å²) in [5.74, 6) is -0.450. The van der Waals surface area contributed by atoms with E-state index in [-0.39, 0.29) is 11.3 Å². The summed E-state index contributed by atoms with van der Waals surface area (Å²) in [6.45, 7) is 2.44. The first kappa shape index (κ1) is 17.5. The Bertz CT molecular complexity index is 578. The summed E-state index contributed by atoms with van der Waals surface area (Å²) >= 11 is 0. The molecule has 5 heteroatoms. The van der Waals surface area contributed by atoms with Crippen molar-refractivity contribution in [1.29, 1.82) is 0 Å². The number of hydrogen-bond donors (Lipinski definition) is 2. The third-order valence-corrected chi connectivity index (χ3v) is 4.82. The summed E-state index contributed by atoms with van der Waals surface area (Å²) in [5, 5.41) is 2.93.